The maximum Gasteiger partial charge on any atom is 0.227 e. The van der Waals surface area contributed by atoms with Gasteiger partial charge in [-0.25, -0.2) is 9.97 Å². The minimum absolute atomic E-state index is 0.463. The van der Waals surface area contributed by atoms with Gasteiger partial charge in [0.05, 0.1) is 0 Å². The van der Waals surface area contributed by atoms with Gasteiger partial charge in [-0.3, -0.25) is 0 Å². The summed E-state index contributed by atoms with van der Waals surface area (Å²) in [6, 6.07) is 15.6. The number of nitrogens with one attached hydrogen (secondary N) is 1. The number of nitrogens with two attached hydrogens (primary N) is 1. The van der Waals surface area contributed by atoms with Gasteiger partial charge in [-0.05, 0) is 18.2 Å². The first kappa shape index (κ1) is 13.3. The van der Waals surface area contributed by atoms with Crippen LogP contribution in [-0.4, -0.2) is 23.1 Å². The van der Waals surface area contributed by atoms with E-state index in [1.165, 1.54) is 0 Å². The van der Waals surface area contributed by atoms with E-state index in [0.29, 0.717) is 19.1 Å². The third-order valence-corrected chi connectivity index (χ3v) is 2.98. The molecule has 0 amide bonds. The zero-order chi connectivity index (χ0) is 14.5. The summed E-state index contributed by atoms with van der Waals surface area (Å²) in [6.07, 6.45) is 1.78. The molecule has 2 aromatic carbocycles. The van der Waals surface area contributed by atoms with Gasteiger partial charge < -0.3 is 15.8 Å². The second-order valence-corrected chi connectivity index (χ2v) is 4.52. The van der Waals surface area contributed by atoms with Crippen molar-refractivity contribution in [2.24, 2.45) is 5.73 Å². The van der Waals surface area contributed by atoms with E-state index in [1.54, 1.807) is 6.20 Å². The maximum atomic E-state index is 5.63. The number of hydrogen-bond donors (Lipinski definition) is 2. The Morgan fingerprint density at radius 3 is 2.71 bits per heavy atom. The lowest BCUT2D eigenvalue weighted by Crippen LogP contribution is -2.11. The highest BCUT2D eigenvalue weighted by atomic mass is 16.5. The average molecular weight is 280 g/mol. The lowest BCUT2D eigenvalue weighted by Gasteiger charge is -2.09. The fourth-order valence-electron chi connectivity index (χ4n) is 2.02. The van der Waals surface area contributed by atoms with E-state index in [-0.39, 0.29) is 0 Å². The van der Waals surface area contributed by atoms with Crippen LogP contribution in [0.25, 0.3) is 10.9 Å². The SMILES string of the molecule is NCCOc1cccc2cnc(Nc3ccccc3)nc12. The van der Waals surface area contributed by atoms with Crippen molar-refractivity contribution in [2.75, 3.05) is 18.5 Å². The van der Waals surface area contributed by atoms with Crippen molar-refractivity contribution in [1.29, 1.82) is 0 Å². The lowest BCUT2D eigenvalue weighted by atomic mass is 10.2. The van der Waals surface area contributed by atoms with Crippen LogP contribution in [-0.2, 0) is 0 Å². The molecule has 0 spiro atoms. The molecular formula is C16H16N4O. The summed E-state index contributed by atoms with van der Waals surface area (Å²) in [5, 5.41) is 4.11. The van der Waals surface area contributed by atoms with Crippen LogP contribution in [0.1, 0.15) is 0 Å². The van der Waals surface area contributed by atoms with Crippen LogP contribution in [0, 0.1) is 0 Å². The molecular weight excluding hydrogens is 264 g/mol. The highest BCUT2D eigenvalue weighted by molar-refractivity contribution is 5.84. The van der Waals surface area contributed by atoms with Crippen LogP contribution in [0.2, 0.25) is 0 Å². The van der Waals surface area contributed by atoms with Crippen molar-refractivity contribution in [3.8, 4) is 5.75 Å². The van der Waals surface area contributed by atoms with Crippen LogP contribution >= 0.6 is 0 Å². The number of hydrogen-bond acceptors (Lipinski definition) is 5. The summed E-state index contributed by atoms with van der Waals surface area (Å²) in [6.45, 7) is 0.932. The molecule has 0 bridgehead atoms. The van der Waals surface area contributed by atoms with E-state index >= 15 is 0 Å². The minimum Gasteiger partial charge on any atom is -0.490 e. The highest BCUT2D eigenvalue weighted by Crippen LogP contribution is 2.24. The number of ether oxygens (including phenoxy) is 1. The fourth-order valence-corrected chi connectivity index (χ4v) is 2.02. The molecule has 0 atom stereocenters. The molecule has 3 rings (SSSR count). The predicted molar refractivity (Wildman–Crippen MR) is 83.8 cm³/mol. The van der Waals surface area contributed by atoms with Gasteiger partial charge in [0, 0.05) is 23.8 Å². The van der Waals surface area contributed by atoms with Crippen molar-refractivity contribution in [1.82, 2.24) is 9.97 Å². The second-order valence-electron chi connectivity index (χ2n) is 4.52. The Kier molecular flexibility index (Phi) is 3.93. The molecule has 21 heavy (non-hydrogen) atoms. The topological polar surface area (TPSA) is 73.1 Å². The molecule has 0 fully saturated rings. The smallest absolute Gasteiger partial charge is 0.227 e. The first-order chi connectivity index (χ1) is 10.4. The third kappa shape index (κ3) is 3.09. The quantitative estimate of drug-likeness (QED) is 0.751. The maximum absolute atomic E-state index is 5.63. The molecule has 1 aromatic heterocycles. The summed E-state index contributed by atoms with van der Waals surface area (Å²) in [5.74, 6) is 1.26. The summed E-state index contributed by atoms with van der Waals surface area (Å²) in [7, 11) is 0. The molecule has 106 valence electrons. The van der Waals surface area contributed by atoms with Gasteiger partial charge in [0.2, 0.25) is 5.95 Å². The molecule has 0 radical (unpaired) electrons. The van der Waals surface area contributed by atoms with Gasteiger partial charge in [-0.1, -0.05) is 30.3 Å². The van der Waals surface area contributed by atoms with Crippen molar-refractivity contribution in [3.05, 3.63) is 54.7 Å². The first-order valence-corrected chi connectivity index (χ1v) is 6.77. The summed E-state index contributed by atoms with van der Waals surface area (Å²) in [5.41, 5.74) is 7.20. The number of fused-ring (bicyclic) bond motifs is 1. The average Bonchev–Trinajstić information content (AvgIpc) is 2.54. The van der Waals surface area contributed by atoms with Gasteiger partial charge in [0.1, 0.15) is 17.9 Å². The molecule has 3 N–H and O–H groups in total. The normalized spacial score (nSPS) is 10.5. The zero-order valence-electron chi connectivity index (χ0n) is 11.5. The predicted octanol–water partition coefficient (Wildman–Crippen LogP) is 2.71. The summed E-state index contributed by atoms with van der Waals surface area (Å²) >= 11 is 0. The number of rotatable bonds is 5. The standard InChI is InChI=1S/C16H16N4O/c17-9-10-21-14-8-4-5-12-11-18-16(20-15(12)14)19-13-6-2-1-3-7-13/h1-8,11H,9-10,17H2,(H,18,19,20). The number of aromatic nitrogens is 2. The van der Waals surface area contributed by atoms with E-state index in [0.717, 1.165) is 22.3 Å². The van der Waals surface area contributed by atoms with Gasteiger partial charge >= 0.3 is 0 Å². The monoisotopic (exact) mass is 280 g/mol. The molecule has 5 nitrogen and oxygen atoms in total. The largest absolute Gasteiger partial charge is 0.490 e. The van der Waals surface area contributed by atoms with Crippen molar-refractivity contribution < 1.29 is 4.74 Å². The van der Waals surface area contributed by atoms with E-state index in [1.807, 2.05) is 48.5 Å². The lowest BCUT2D eigenvalue weighted by molar-refractivity contribution is 0.331. The molecule has 1 heterocycles. The Labute approximate surface area is 122 Å². The molecule has 0 saturated heterocycles. The Hall–Kier alpha value is -2.66. The third-order valence-electron chi connectivity index (χ3n) is 2.98. The van der Waals surface area contributed by atoms with E-state index in [4.69, 9.17) is 10.5 Å². The molecule has 3 aromatic rings. The first-order valence-electron chi connectivity index (χ1n) is 6.77. The van der Waals surface area contributed by atoms with E-state index < -0.39 is 0 Å². The molecule has 0 aliphatic heterocycles. The second kappa shape index (κ2) is 6.19. The summed E-state index contributed by atoms with van der Waals surface area (Å²) < 4.78 is 5.63. The Morgan fingerprint density at radius 1 is 1.05 bits per heavy atom. The van der Waals surface area contributed by atoms with Crippen molar-refractivity contribution in [2.45, 2.75) is 0 Å². The van der Waals surface area contributed by atoms with Gasteiger partial charge in [0.15, 0.2) is 0 Å². The van der Waals surface area contributed by atoms with Crippen LogP contribution in [0.3, 0.4) is 0 Å². The van der Waals surface area contributed by atoms with Crippen LogP contribution in [0.5, 0.6) is 5.75 Å². The van der Waals surface area contributed by atoms with E-state index in [9.17, 15) is 0 Å². The molecule has 0 saturated carbocycles. The fraction of sp³-hybridized carbons (Fsp3) is 0.125. The Bertz CT molecular complexity index is 731. The number of anilines is 2. The minimum atomic E-state index is 0.463. The van der Waals surface area contributed by atoms with Crippen LogP contribution in [0.4, 0.5) is 11.6 Å². The van der Waals surface area contributed by atoms with E-state index in [2.05, 4.69) is 15.3 Å². The van der Waals surface area contributed by atoms with Crippen LogP contribution in [0.15, 0.2) is 54.7 Å². The Morgan fingerprint density at radius 2 is 1.90 bits per heavy atom. The molecule has 0 aliphatic carbocycles. The molecule has 0 unspecified atom stereocenters. The number of benzene rings is 2. The van der Waals surface area contributed by atoms with Crippen molar-refractivity contribution >= 4 is 22.5 Å². The van der Waals surface area contributed by atoms with Gasteiger partial charge in [-0.2, -0.15) is 0 Å². The molecule has 0 aliphatic rings. The number of nitrogens with zero attached hydrogens (tertiary/aromatic N) is 2. The Balaban J connectivity index is 1.94. The summed E-state index contributed by atoms with van der Waals surface area (Å²) in [4.78, 5) is 8.86. The molecule has 5 heteroatoms. The van der Waals surface area contributed by atoms with Gasteiger partial charge in [-0.15, -0.1) is 0 Å². The highest BCUT2D eigenvalue weighted by Gasteiger charge is 2.06. The zero-order valence-corrected chi connectivity index (χ0v) is 11.5. The van der Waals surface area contributed by atoms with Gasteiger partial charge in [0.25, 0.3) is 0 Å². The number of para-hydroxylation sites is 2. The van der Waals surface area contributed by atoms with Crippen molar-refractivity contribution in [3.63, 3.8) is 0 Å². The van der Waals surface area contributed by atoms with Crippen LogP contribution < -0.4 is 15.8 Å².